The van der Waals surface area contributed by atoms with Crippen LogP contribution in [0.1, 0.15) is 32.9 Å². The van der Waals surface area contributed by atoms with Gasteiger partial charge in [-0.2, -0.15) is 31.4 Å². The molecule has 0 radical (unpaired) electrons. The van der Waals surface area contributed by atoms with Crippen LogP contribution in [0.4, 0.5) is 32.0 Å². The number of carbonyl (C=O) groups is 1. The van der Waals surface area contributed by atoms with E-state index < -0.39 is 35.2 Å². The van der Waals surface area contributed by atoms with E-state index in [0.717, 1.165) is 29.8 Å². The molecule has 2 aromatic heterocycles. The van der Waals surface area contributed by atoms with Gasteiger partial charge in [0.15, 0.2) is 17.0 Å². The van der Waals surface area contributed by atoms with Crippen molar-refractivity contribution in [2.45, 2.75) is 25.2 Å². The molecule has 0 fully saturated rings. The van der Waals surface area contributed by atoms with Crippen molar-refractivity contribution in [2.24, 2.45) is 0 Å². The summed E-state index contributed by atoms with van der Waals surface area (Å²) in [7, 11) is 0. The number of anilines is 1. The first kappa shape index (κ1) is 21.9. The van der Waals surface area contributed by atoms with Gasteiger partial charge in [0.25, 0.3) is 5.91 Å². The molecule has 4 aromatic rings. The number of alkyl halides is 6. The molecule has 0 saturated heterocycles. The number of carbonyl (C=O) groups excluding carboxylic acids is 1. The van der Waals surface area contributed by atoms with Gasteiger partial charge < -0.3 is 5.32 Å². The second-order valence-electron chi connectivity index (χ2n) is 7.77. The number of hydrogen-bond acceptors (Lipinski definition) is 3. The Morgan fingerprint density at radius 3 is 2.41 bits per heavy atom. The summed E-state index contributed by atoms with van der Waals surface area (Å²) in [6.45, 7) is 0. The maximum absolute atomic E-state index is 14.1. The molecule has 5 rings (SSSR count). The van der Waals surface area contributed by atoms with Gasteiger partial charge in [-0.25, -0.2) is 9.50 Å². The molecule has 0 unspecified atom stereocenters. The van der Waals surface area contributed by atoms with Crippen LogP contribution >= 0.6 is 0 Å². The summed E-state index contributed by atoms with van der Waals surface area (Å²) in [4.78, 5) is 17.0. The minimum atomic E-state index is -4.78. The first-order valence-corrected chi connectivity index (χ1v) is 10.1. The Kier molecular flexibility index (Phi) is 4.88. The Bertz CT molecular complexity index is 1440. The Hall–Kier alpha value is -3.89. The number of benzene rings is 2. The topological polar surface area (TPSA) is 59.3 Å². The van der Waals surface area contributed by atoms with Gasteiger partial charge in [-0.3, -0.25) is 4.79 Å². The Morgan fingerprint density at radius 1 is 0.912 bits per heavy atom. The SMILES string of the molecule is O=C(Nc1cccc(C(F)(F)F)c1)c1cc2nc3c(c(C(F)(F)F)n2n1)CCc1ccccc1-3. The van der Waals surface area contributed by atoms with Crippen molar-refractivity contribution in [3.05, 3.63) is 82.7 Å². The predicted molar refractivity (Wildman–Crippen MR) is 110 cm³/mol. The number of amides is 1. The fourth-order valence-electron chi connectivity index (χ4n) is 4.10. The summed E-state index contributed by atoms with van der Waals surface area (Å²) < 4.78 is 81.7. The fourth-order valence-corrected chi connectivity index (χ4v) is 4.10. The van der Waals surface area contributed by atoms with E-state index in [2.05, 4.69) is 15.4 Å². The molecular weight excluding hydrogens is 462 g/mol. The quantitative estimate of drug-likeness (QED) is 0.373. The lowest BCUT2D eigenvalue weighted by Crippen LogP contribution is -2.21. The van der Waals surface area contributed by atoms with Crippen molar-refractivity contribution in [2.75, 3.05) is 5.32 Å². The number of nitrogens with zero attached hydrogens (tertiary/aromatic N) is 3. The number of nitrogens with one attached hydrogen (secondary N) is 1. The Balaban J connectivity index is 1.60. The smallest absolute Gasteiger partial charge is 0.321 e. The van der Waals surface area contributed by atoms with Crippen molar-refractivity contribution in [1.82, 2.24) is 14.6 Å². The molecule has 0 saturated carbocycles. The molecule has 0 aliphatic heterocycles. The van der Waals surface area contributed by atoms with Crippen LogP contribution in [0, 0.1) is 0 Å². The third-order valence-corrected chi connectivity index (χ3v) is 5.57. The first-order valence-electron chi connectivity index (χ1n) is 10.1. The second-order valence-corrected chi connectivity index (χ2v) is 7.77. The molecule has 1 N–H and O–H groups in total. The highest BCUT2D eigenvalue weighted by molar-refractivity contribution is 6.03. The predicted octanol–water partition coefficient (Wildman–Crippen LogP) is 5.78. The van der Waals surface area contributed by atoms with Crippen LogP contribution < -0.4 is 5.32 Å². The molecule has 1 amide bonds. The van der Waals surface area contributed by atoms with Gasteiger partial charge in [0.2, 0.25) is 0 Å². The van der Waals surface area contributed by atoms with E-state index in [-0.39, 0.29) is 29.0 Å². The molecule has 5 nitrogen and oxygen atoms in total. The summed E-state index contributed by atoms with van der Waals surface area (Å²) in [5.74, 6) is -0.962. The minimum Gasteiger partial charge on any atom is -0.321 e. The largest absolute Gasteiger partial charge is 0.433 e. The lowest BCUT2D eigenvalue weighted by molar-refractivity contribution is -0.143. The average Bonchev–Trinajstić information content (AvgIpc) is 3.20. The highest BCUT2D eigenvalue weighted by atomic mass is 19.4. The lowest BCUT2D eigenvalue weighted by Gasteiger charge is -2.23. The van der Waals surface area contributed by atoms with Gasteiger partial charge in [0, 0.05) is 22.9 Å². The lowest BCUT2D eigenvalue weighted by atomic mass is 9.88. The Morgan fingerprint density at radius 2 is 1.68 bits per heavy atom. The van der Waals surface area contributed by atoms with Crippen molar-refractivity contribution in [3.63, 3.8) is 0 Å². The van der Waals surface area contributed by atoms with Gasteiger partial charge >= 0.3 is 12.4 Å². The third kappa shape index (κ3) is 3.76. The molecular formula is C23H14F6N4O. The number of hydrogen-bond donors (Lipinski definition) is 1. The summed E-state index contributed by atoms with van der Waals surface area (Å²) in [6.07, 6.45) is -8.91. The molecule has 0 atom stereocenters. The van der Waals surface area contributed by atoms with Gasteiger partial charge in [-0.1, -0.05) is 30.3 Å². The number of aromatic nitrogens is 3. The van der Waals surface area contributed by atoms with E-state index in [1.54, 1.807) is 18.2 Å². The maximum Gasteiger partial charge on any atom is 0.433 e. The van der Waals surface area contributed by atoms with Crippen LogP contribution in [0.25, 0.3) is 16.9 Å². The molecule has 11 heteroatoms. The van der Waals surface area contributed by atoms with E-state index in [1.165, 1.54) is 6.07 Å². The van der Waals surface area contributed by atoms with Crippen molar-refractivity contribution >= 4 is 17.2 Å². The first-order chi connectivity index (χ1) is 16.0. The molecule has 34 heavy (non-hydrogen) atoms. The zero-order valence-electron chi connectivity index (χ0n) is 17.1. The number of fused-ring (bicyclic) bond motifs is 4. The van der Waals surface area contributed by atoms with Gasteiger partial charge in [-0.05, 0) is 36.6 Å². The van der Waals surface area contributed by atoms with Crippen molar-refractivity contribution in [3.8, 4) is 11.3 Å². The standard InChI is InChI=1S/C23H14F6N4O/c24-22(25,26)13-5-3-6-14(10-13)30-21(34)17-11-18-31-19-15-7-2-1-4-12(15)8-9-16(19)20(23(27,28)29)33(18)32-17/h1-7,10-11H,8-9H2,(H,30,34). The summed E-state index contributed by atoms with van der Waals surface area (Å²) in [6, 6.07) is 12.0. The van der Waals surface area contributed by atoms with Crippen LogP contribution in [0.3, 0.4) is 0 Å². The molecule has 0 spiro atoms. The zero-order chi connectivity index (χ0) is 24.3. The van der Waals surface area contributed by atoms with E-state index >= 15 is 0 Å². The fraction of sp³-hybridized carbons (Fsp3) is 0.174. The minimum absolute atomic E-state index is 0.0216. The van der Waals surface area contributed by atoms with E-state index in [9.17, 15) is 31.1 Å². The summed E-state index contributed by atoms with van der Waals surface area (Å²) in [5, 5.41) is 6.06. The molecule has 1 aliphatic rings. The highest BCUT2D eigenvalue weighted by Crippen LogP contribution is 2.40. The number of aryl methyl sites for hydroxylation is 1. The number of halogens is 6. The van der Waals surface area contributed by atoms with E-state index in [1.807, 2.05) is 6.07 Å². The molecule has 1 aliphatic carbocycles. The molecule has 2 aromatic carbocycles. The average molecular weight is 476 g/mol. The van der Waals surface area contributed by atoms with Crippen LogP contribution in [-0.2, 0) is 25.2 Å². The van der Waals surface area contributed by atoms with E-state index in [4.69, 9.17) is 0 Å². The van der Waals surface area contributed by atoms with Gasteiger partial charge in [0.1, 0.15) is 0 Å². The normalized spacial score (nSPS) is 13.5. The van der Waals surface area contributed by atoms with E-state index in [0.29, 0.717) is 16.5 Å². The summed E-state index contributed by atoms with van der Waals surface area (Å²) >= 11 is 0. The van der Waals surface area contributed by atoms with Crippen LogP contribution in [-0.4, -0.2) is 20.5 Å². The molecule has 0 bridgehead atoms. The highest BCUT2D eigenvalue weighted by Gasteiger charge is 2.40. The monoisotopic (exact) mass is 476 g/mol. The molecule has 174 valence electrons. The third-order valence-electron chi connectivity index (χ3n) is 5.57. The molecule has 2 heterocycles. The van der Waals surface area contributed by atoms with Gasteiger partial charge in [0.05, 0.1) is 11.3 Å². The zero-order valence-corrected chi connectivity index (χ0v) is 17.1. The van der Waals surface area contributed by atoms with Crippen molar-refractivity contribution < 1.29 is 31.1 Å². The van der Waals surface area contributed by atoms with Crippen LogP contribution in [0.15, 0.2) is 54.6 Å². The van der Waals surface area contributed by atoms with Gasteiger partial charge in [-0.15, -0.1) is 0 Å². The Labute approximate surface area is 188 Å². The van der Waals surface area contributed by atoms with Crippen LogP contribution in [0.5, 0.6) is 0 Å². The van der Waals surface area contributed by atoms with Crippen LogP contribution in [0.2, 0.25) is 0 Å². The number of rotatable bonds is 2. The van der Waals surface area contributed by atoms with Crippen molar-refractivity contribution in [1.29, 1.82) is 0 Å². The second kappa shape index (κ2) is 7.57. The summed E-state index contributed by atoms with van der Waals surface area (Å²) in [5.41, 5.74) is -1.20. The maximum atomic E-state index is 14.1.